The van der Waals surface area contributed by atoms with Crippen LogP contribution in [0.3, 0.4) is 0 Å². The Bertz CT molecular complexity index is 478. The fourth-order valence-corrected chi connectivity index (χ4v) is 3.22. The molecule has 0 amide bonds. The van der Waals surface area contributed by atoms with Gasteiger partial charge in [-0.15, -0.1) is 11.3 Å². The van der Waals surface area contributed by atoms with Gasteiger partial charge in [0.25, 0.3) is 0 Å². The lowest BCUT2D eigenvalue weighted by Gasteiger charge is -2.17. The molecule has 2 rings (SSSR count). The molecule has 92 valence electrons. The van der Waals surface area contributed by atoms with Crippen LogP contribution < -0.4 is 5.32 Å². The standard InChI is InChI=1S/C12H16IN3S/c1-3-5-14-12(9-7-11(13)17-8-9)10-4-6-15-16(10)2/h4,6-8,12,14H,3,5H2,1-2H3. The third kappa shape index (κ3) is 3.08. The Labute approximate surface area is 119 Å². The molecule has 1 unspecified atom stereocenters. The normalized spacial score (nSPS) is 12.9. The summed E-state index contributed by atoms with van der Waals surface area (Å²) in [6.07, 6.45) is 2.99. The highest BCUT2D eigenvalue weighted by Crippen LogP contribution is 2.27. The molecule has 0 saturated carbocycles. The van der Waals surface area contributed by atoms with Crippen LogP contribution in [0.5, 0.6) is 0 Å². The van der Waals surface area contributed by atoms with Crippen molar-refractivity contribution < 1.29 is 0 Å². The molecule has 0 aliphatic heterocycles. The Morgan fingerprint density at radius 2 is 2.41 bits per heavy atom. The van der Waals surface area contributed by atoms with E-state index in [1.165, 1.54) is 14.1 Å². The van der Waals surface area contributed by atoms with Gasteiger partial charge in [0.1, 0.15) is 0 Å². The first-order valence-electron chi connectivity index (χ1n) is 5.67. The number of aryl methyl sites for hydroxylation is 1. The van der Waals surface area contributed by atoms with Gasteiger partial charge in [0, 0.05) is 13.2 Å². The average Bonchev–Trinajstić information content (AvgIpc) is 2.90. The molecule has 1 N–H and O–H groups in total. The van der Waals surface area contributed by atoms with Gasteiger partial charge >= 0.3 is 0 Å². The molecule has 0 aliphatic carbocycles. The molecule has 3 nitrogen and oxygen atoms in total. The molecule has 0 saturated heterocycles. The Morgan fingerprint density at radius 3 is 2.94 bits per heavy atom. The molecular weight excluding hydrogens is 345 g/mol. The number of thiophene rings is 1. The van der Waals surface area contributed by atoms with E-state index in [1.807, 2.05) is 17.9 Å². The van der Waals surface area contributed by atoms with Gasteiger partial charge in [0.2, 0.25) is 0 Å². The number of nitrogens with zero attached hydrogens (tertiary/aromatic N) is 2. The summed E-state index contributed by atoms with van der Waals surface area (Å²) in [6.45, 7) is 3.20. The monoisotopic (exact) mass is 361 g/mol. The second kappa shape index (κ2) is 5.97. The third-order valence-corrected chi connectivity index (χ3v) is 4.48. The molecule has 2 heterocycles. The first kappa shape index (κ1) is 13.0. The van der Waals surface area contributed by atoms with Crippen molar-refractivity contribution in [1.29, 1.82) is 0 Å². The Morgan fingerprint density at radius 1 is 1.59 bits per heavy atom. The Hall–Kier alpha value is -0.400. The van der Waals surface area contributed by atoms with Crippen molar-refractivity contribution in [2.75, 3.05) is 6.54 Å². The number of hydrogen-bond acceptors (Lipinski definition) is 3. The average molecular weight is 361 g/mol. The minimum Gasteiger partial charge on any atom is -0.305 e. The molecule has 0 spiro atoms. The number of halogens is 1. The van der Waals surface area contributed by atoms with E-state index in [1.54, 1.807) is 11.3 Å². The lowest BCUT2D eigenvalue weighted by Crippen LogP contribution is -2.24. The molecule has 0 bridgehead atoms. The highest BCUT2D eigenvalue weighted by molar-refractivity contribution is 14.1. The van der Waals surface area contributed by atoms with Gasteiger partial charge in [-0.05, 0) is 58.6 Å². The number of hydrogen-bond donors (Lipinski definition) is 1. The van der Waals surface area contributed by atoms with Crippen LogP contribution in [0, 0.1) is 2.88 Å². The predicted octanol–water partition coefficient (Wildman–Crippen LogP) is 3.18. The van der Waals surface area contributed by atoms with Crippen LogP contribution in [0.4, 0.5) is 0 Å². The first-order valence-corrected chi connectivity index (χ1v) is 7.63. The van der Waals surface area contributed by atoms with E-state index >= 15 is 0 Å². The summed E-state index contributed by atoms with van der Waals surface area (Å²) in [6, 6.07) is 4.57. The summed E-state index contributed by atoms with van der Waals surface area (Å²) in [4.78, 5) is 0. The molecule has 1 atom stereocenters. The van der Waals surface area contributed by atoms with Crippen molar-refractivity contribution in [3.63, 3.8) is 0 Å². The lowest BCUT2D eigenvalue weighted by molar-refractivity contribution is 0.554. The fourth-order valence-electron chi connectivity index (χ4n) is 1.82. The largest absolute Gasteiger partial charge is 0.305 e. The lowest BCUT2D eigenvalue weighted by atomic mass is 10.1. The maximum Gasteiger partial charge on any atom is 0.0756 e. The van der Waals surface area contributed by atoms with E-state index < -0.39 is 0 Å². The van der Waals surface area contributed by atoms with Crippen molar-refractivity contribution in [3.8, 4) is 0 Å². The summed E-state index contributed by atoms with van der Waals surface area (Å²) in [5.41, 5.74) is 2.55. The molecule has 2 aromatic heterocycles. The summed E-state index contributed by atoms with van der Waals surface area (Å²) < 4.78 is 3.26. The maximum absolute atomic E-state index is 4.26. The first-order chi connectivity index (χ1) is 8.22. The zero-order valence-electron chi connectivity index (χ0n) is 9.98. The summed E-state index contributed by atoms with van der Waals surface area (Å²) >= 11 is 4.15. The van der Waals surface area contributed by atoms with Crippen LogP contribution in [-0.2, 0) is 7.05 Å². The molecule has 17 heavy (non-hydrogen) atoms. The maximum atomic E-state index is 4.26. The van der Waals surface area contributed by atoms with E-state index in [0.717, 1.165) is 13.0 Å². The predicted molar refractivity (Wildman–Crippen MR) is 80.4 cm³/mol. The minimum atomic E-state index is 0.252. The van der Waals surface area contributed by atoms with Crippen molar-refractivity contribution in [1.82, 2.24) is 15.1 Å². The van der Waals surface area contributed by atoms with E-state index in [4.69, 9.17) is 0 Å². The quantitative estimate of drug-likeness (QED) is 0.830. The third-order valence-electron chi connectivity index (χ3n) is 2.67. The summed E-state index contributed by atoms with van der Waals surface area (Å²) in [7, 11) is 1.99. The number of aromatic nitrogens is 2. The molecule has 2 aromatic rings. The molecule has 0 fully saturated rings. The molecule has 0 aliphatic rings. The molecular formula is C12H16IN3S. The van der Waals surface area contributed by atoms with Gasteiger partial charge in [-0.25, -0.2) is 0 Å². The topological polar surface area (TPSA) is 29.9 Å². The second-order valence-electron chi connectivity index (χ2n) is 3.95. The highest BCUT2D eigenvalue weighted by atomic mass is 127. The smallest absolute Gasteiger partial charge is 0.0756 e. The number of rotatable bonds is 5. The SMILES string of the molecule is CCCNC(c1csc(I)c1)c1ccnn1C. The Kier molecular flexibility index (Phi) is 4.58. The van der Waals surface area contributed by atoms with Crippen LogP contribution in [0.2, 0.25) is 0 Å². The van der Waals surface area contributed by atoms with Gasteiger partial charge in [0.15, 0.2) is 0 Å². The number of nitrogens with one attached hydrogen (secondary N) is 1. The van der Waals surface area contributed by atoms with Crippen LogP contribution >= 0.6 is 33.9 Å². The molecule has 0 aromatic carbocycles. The van der Waals surface area contributed by atoms with Crippen LogP contribution in [0.25, 0.3) is 0 Å². The van der Waals surface area contributed by atoms with Gasteiger partial charge in [0.05, 0.1) is 14.6 Å². The zero-order chi connectivity index (χ0) is 12.3. The minimum absolute atomic E-state index is 0.252. The second-order valence-corrected chi connectivity index (χ2v) is 6.76. The van der Waals surface area contributed by atoms with Crippen LogP contribution in [-0.4, -0.2) is 16.3 Å². The van der Waals surface area contributed by atoms with Crippen LogP contribution in [0.1, 0.15) is 30.6 Å². The van der Waals surface area contributed by atoms with Gasteiger partial charge in [-0.1, -0.05) is 6.92 Å². The Balaban J connectivity index is 2.28. The van der Waals surface area contributed by atoms with Crippen molar-refractivity contribution >= 4 is 33.9 Å². The molecule has 5 heteroatoms. The molecule has 0 radical (unpaired) electrons. The van der Waals surface area contributed by atoms with Crippen LogP contribution in [0.15, 0.2) is 23.7 Å². The van der Waals surface area contributed by atoms with Crippen molar-refractivity contribution in [2.45, 2.75) is 19.4 Å². The van der Waals surface area contributed by atoms with E-state index in [-0.39, 0.29) is 6.04 Å². The van der Waals surface area contributed by atoms with Crippen molar-refractivity contribution in [2.24, 2.45) is 7.05 Å². The van der Waals surface area contributed by atoms with Gasteiger partial charge in [-0.2, -0.15) is 5.10 Å². The zero-order valence-corrected chi connectivity index (χ0v) is 13.0. The fraction of sp³-hybridized carbons (Fsp3) is 0.417. The highest BCUT2D eigenvalue weighted by Gasteiger charge is 2.17. The summed E-state index contributed by atoms with van der Waals surface area (Å²) in [5.74, 6) is 0. The van der Waals surface area contributed by atoms with E-state index in [0.29, 0.717) is 0 Å². The van der Waals surface area contributed by atoms with Gasteiger partial charge in [-0.3, -0.25) is 4.68 Å². The van der Waals surface area contributed by atoms with E-state index in [2.05, 4.69) is 57.4 Å². The van der Waals surface area contributed by atoms with Crippen molar-refractivity contribution in [3.05, 3.63) is 37.9 Å². The van der Waals surface area contributed by atoms with Gasteiger partial charge < -0.3 is 5.32 Å². The van der Waals surface area contributed by atoms with E-state index in [9.17, 15) is 0 Å². The summed E-state index contributed by atoms with van der Waals surface area (Å²) in [5, 5.41) is 10.1.